The van der Waals surface area contributed by atoms with Gasteiger partial charge in [-0.1, -0.05) is 52.3 Å². The second-order valence-electron chi connectivity index (χ2n) is 9.82. The molecule has 0 radical (unpaired) electrons. The zero-order valence-corrected chi connectivity index (χ0v) is 20.1. The molecular formula is C23H42O3Si. The number of carbonyl (C=O) groups is 1. The van der Waals surface area contributed by atoms with Gasteiger partial charge >= 0.3 is 5.97 Å². The van der Waals surface area contributed by atoms with E-state index in [2.05, 4.69) is 60.7 Å². The summed E-state index contributed by atoms with van der Waals surface area (Å²) in [5.74, 6) is 1.93. The van der Waals surface area contributed by atoms with Crippen molar-refractivity contribution in [2.45, 2.75) is 79.4 Å². The highest BCUT2D eigenvalue weighted by atomic mass is 28.4. The molecule has 156 valence electrons. The molecule has 0 saturated carbocycles. The maximum atomic E-state index is 11.6. The number of rotatable bonds is 8. The molecule has 0 saturated heterocycles. The number of hydrogen-bond acceptors (Lipinski definition) is 3. The molecule has 0 heterocycles. The predicted octanol–water partition coefficient (Wildman–Crippen LogP) is 6.37. The van der Waals surface area contributed by atoms with Crippen LogP contribution in [-0.2, 0) is 14.0 Å². The lowest BCUT2D eigenvalue weighted by Gasteiger charge is -2.43. The summed E-state index contributed by atoms with van der Waals surface area (Å²) < 4.78 is 11.7. The van der Waals surface area contributed by atoms with Gasteiger partial charge in [-0.05, 0) is 68.5 Å². The average molecular weight is 395 g/mol. The molecule has 0 aliphatic heterocycles. The lowest BCUT2D eigenvalue weighted by Crippen LogP contribution is -2.44. The van der Waals surface area contributed by atoms with E-state index in [-0.39, 0.29) is 11.0 Å². The third kappa shape index (κ3) is 6.90. The molecule has 0 aromatic carbocycles. The number of esters is 1. The van der Waals surface area contributed by atoms with Crippen LogP contribution < -0.4 is 0 Å². The fourth-order valence-electron chi connectivity index (χ4n) is 3.67. The molecule has 0 N–H and O–H groups in total. The first-order valence-electron chi connectivity index (χ1n) is 10.5. The molecule has 0 aromatic heterocycles. The fraction of sp³-hybridized carbons (Fsp3) is 0.783. The van der Waals surface area contributed by atoms with Crippen LogP contribution in [0.2, 0.25) is 18.1 Å². The molecule has 0 aromatic rings. The molecule has 1 aliphatic rings. The molecule has 1 aliphatic carbocycles. The zero-order valence-electron chi connectivity index (χ0n) is 19.1. The van der Waals surface area contributed by atoms with Crippen LogP contribution >= 0.6 is 0 Å². The lowest BCUT2D eigenvalue weighted by atomic mass is 9.67. The van der Waals surface area contributed by atoms with Crippen molar-refractivity contribution in [3.05, 3.63) is 23.8 Å². The summed E-state index contributed by atoms with van der Waals surface area (Å²) >= 11 is 0. The van der Waals surface area contributed by atoms with E-state index >= 15 is 0 Å². The van der Waals surface area contributed by atoms with E-state index < -0.39 is 8.32 Å². The topological polar surface area (TPSA) is 35.5 Å². The van der Waals surface area contributed by atoms with E-state index in [9.17, 15) is 4.79 Å². The Morgan fingerprint density at radius 2 is 1.96 bits per heavy atom. The van der Waals surface area contributed by atoms with Gasteiger partial charge in [0.2, 0.25) is 0 Å². The average Bonchev–Trinajstić information content (AvgIpc) is 2.53. The molecule has 3 atom stereocenters. The number of allylic oxidation sites excluding steroid dienone is 3. The first-order valence-corrected chi connectivity index (χ1v) is 13.5. The van der Waals surface area contributed by atoms with Gasteiger partial charge in [0.05, 0.1) is 6.61 Å². The number of hydrogen-bond donors (Lipinski definition) is 0. The first-order chi connectivity index (χ1) is 12.4. The molecule has 3 nitrogen and oxygen atoms in total. The minimum absolute atomic E-state index is 0.221. The van der Waals surface area contributed by atoms with E-state index in [0.29, 0.717) is 30.3 Å². The zero-order chi connectivity index (χ0) is 20.8. The van der Waals surface area contributed by atoms with Gasteiger partial charge in [-0.15, -0.1) is 0 Å². The molecule has 4 heteroatoms. The van der Waals surface area contributed by atoms with E-state index in [1.807, 2.05) is 13.0 Å². The van der Waals surface area contributed by atoms with Gasteiger partial charge in [0.15, 0.2) is 8.32 Å². The smallest absolute Gasteiger partial charge is 0.330 e. The molecule has 1 rings (SSSR count). The predicted molar refractivity (Wildman–Crippen MR) is 117 cm³/mol. The van der Waals surface area contributed by atoms with Crippen LogP contribution in [0.5, 0.6) is 0 Å². The Hall–Kier alpha value is -0.873. The Labute approximate surface area is 168 Å². The number of carbonyl (C=O) groups excluding carboxylic acids is 1. The lowest BCUT2D eigenvalue weighted by molar-refractivity contribution is -0.137. The van der Waals surface area contributed by atoms with Crippen LogP contribution in [0.25, 0.3) is 0 Å². The van der Waals surface area contributed by atoms with Crippen LogP contribution in [0.4, 0.5) is 0 Å². The van der Waals surface area contributed by atoms with Crippen molar-refractivity contribution in [3.63, 3.8) is 0 Å². The third-order valence-electron chi connectivity index (χ3n) is 6.59. The van der Waals surface area contributed by atoms with Gasteiger partial charge in [-0.2, -0.15) is 0 Å². The van der Waals surface area contributed by atoms with Crippen LogP contribution in [0.1, 0.15) is 61.3 Å². The normalized spacial score (nSPS) is 24.4. The SMILES string of the molecule is CCOC(=O)/C=C/C[C@H]1C(C)=CC[C@H](C(C)C)[C@H]1CO[Si](C)(C)C(C)(C)C. The molecule has 0 fully saturated rings. The molecule has 0 bridgehead atoms. The van der Waals surface area contributed by atoms with Crippen molar-refractivity contribution < 1.29 is 14.0 Å². The van der Waals surface area contributed by atoms with E-state index in [1.165, 1.54) is 5.57 Å². The van der Waals surface area contributed by atoms with E-state index in [4.69, 9.17) is 9.16 Å². The Balaban J connectivity index is 2.96. The van der Waals surface area contributed by atoms with Gasteiger partial charge in [-0.25, -0.2) is 4.79 Å². The van der Waals surface area contributed by atoms with Gasteiger partial charge in [-0.3, -0.25) is 0 Å². The molecule has 0 spiro atoms. The van der Waals surface area contributed by atoms with Gasteiger partial charge in [0.1, 0.15) is 0 Å². The van der Waals surface area contributed by atoms with Crippen LogP contribution in [0.15, 0.2) is 23.8 Å². The minimum Gasteiger partial charge on any atom is -0.463 e. The van der Waals surface area contributed by atoms with Crippen molar-refractivity contribution in [2.24, 2.45) is 23.7 Å². The van der Waals surface area contributed by atoms with Gasteiger partial charge in [0.25, 0.3) is 0 Å². The Kier molecular flexibility index (Phi) is 9.01. The van der Waals surface area contributed by atoms with E-state index in [0.717, 1.165) is 19.4 Å². The molecule has 0 amide bonds. The standard InChI is InChI=1S/C23H42O3Si/c1-10-25-22(24)13-11-12-20-18(4)14-15-19(17(2)3)21(20)16-26-27(8,9)23(5,6)7/h11,13-14,17,19-21H,10,12,15-16H2,1-9H3/b13-11+/t19-,20+,21-/m1/s1. The van der Waals surface area contributed by atoms with Crippen molar-refractivity contribution in [1.29, 1.82) is 0 Å². The monoisotopic (exact) mass is 394 g/mol. The Morgan fingerprint density at radius 3 is 2.48 bits per heavy atom. The Bertz CT molecular complexity index is 540. The summed E-state index contributed by atoms with van der Waals surface area (Å²) in [5, 5.41) is 0.221. The summed E-state index contributed by atoms with van der Waals surface area (Å²) in [6.45, 7) is 21.5. The van der Waals surface area contributed by atoms with Gasteiger partial charge in [0, 0.05) is 12.7 Å². The van der Waals surface area contributed by atoms with Gasteiger partial charge < -0.3 is 9.16 Å². The third-order valence-corrected chi connectivity index (χ3v) is 11.1. The van der Waals surface area contributed by atoms with Crippen molar-refractivity contribution in [3.8, 4) is 0 Å². The Morgan fingerprint density at radius 1 is 1.33 bits per heavy atom. The highest BCUT2D eigenvalue weighted by molar-refractivity contribution is 6.74. The summed E-state index contributed by atoms with van der Waals surface area (Å²) in [6, 6.07) is 0. The highest BCUT2D eigenvalue weighted by Gasteiger charge is 2.40. The summed E-state index contributed by atoms with van der Waals surface area (Å²) in [5.41, 5.74) is 1.43. The largest absolute Gasteiger partial charge is 0.463 e. The second kappa shape index (κ2) is 10.1. The number of ether oxygens (including phenoxy) is 1. The maximum absolute atomic E-state index is 11.6. The van der Waals surface area contributed by atoms with Crippen molar-refractivity contribution in [2.75, 3.05) is 13.2 Å². The van der Waals surface area contributed by atoms with E-state index in [1.54, 1.807) is 6.08 Å². The summed E-state index contributed by atoms with van der Waals surface area (Å²) in [4.78, 5) is 11.6. The van der Waals surface area contributed by atoms with Crippen LogP contribution in [-0.4, -0.2) is 27.5 Å². The second-order valence-corrected chi connectivity index (χ2v) is 14.6. The first kappa shape index (κ1) is 24.2. The highest BCUT2D eigenvalue weighted by Crippen LogP contribution is 2.43. The molecule has 27 heavy (non-hydrogen) atoms. The quantitative estimate of drug-likeness (QED) is 0.208. The van der Waals surface area contributed by atoms with Crippen molar-refractivity contribution >= 4 is 14.3 Å². The van der Waals surface area contributed by atoms with Crippen LogP contribution in [0, 0.1) is 23.7 Å². The molecular weight excluding hydrogens is 352 g/mol. The minimum atomic E-state index is -1.78. The summed E-state index contributed by atoms with van der Waals surface area (Å²) in [6.07, 6.45) is 7.98. The molecule has 0 unspecified atom stereocenters. The summed E-state index contributed by atoms with van der Waals surface area (Å²) in [7, 11) is -1.78. The van der Waals surface area contributed by atoms with Crippen molar-refractivity contribution in [1.82, 2.24) is 0 Å². The van der Waals surface area contributed by atoms with Crippen LogP contribution in [0.3, 0.4) is 0 Å². The maximum Gasteiger partial charge on any atom is 0.330 e. The fourth-order valence-corrected chi connectivity index (χ4v) is 4.72.